The minimum absolute atomic E-state index is 0. The summed E-state index contributed by atoms with van der Waals surface area (Å²) in [4.78, 5) is 2.45. The minimum Gasteiger partial charge on any atom is -0.347 e. The van der Waals surface area contributed by atoms with Crippen LogP contribution in [0.15, 0.2) is 12.1 Å². The third-order valence-electron chi connectivity index (χ3n) is 3.43. The molecule has 2 bridgehead atoms. The molecule has 0 saturated carbocycles. The third-order valence-corrected chi connectivity index (χ3v) is 3.43. The topological polar surface area (TPSA) is 41.0 Å². The first kappa shape index (κ1) is 14.5. The van der Waals surface area contributed by atoms with Crippen molar-refractivity contribution in [1.29, 1.82) is 0 Å². The van der Waals surface area contributed by atoms with Gasteiger partial charge in [-0.2, -0.15) is 5.10 Å². The van der Waals surface area contributed by atoms with Crippen LogP contribution in [-0.2, 0) is 0 Å². The van der Waals surface area contributed by atoms with E-state index in [4.69, 9.17) is 0 Å². The van der Waals surface area contributed by atoms with Gasteiger partial charge in [0.15, 0.2) is 5.82 Å². The Morgan fingerprint density at radius 3 is 2.29 bits per heavy atom. The summed E-state index contributed by atoms with van der Waals surface area (Å²) in [5.74, 6) is 1.05. The van der Waals surface area contributed by atoms with Crippen LogP contribution < -0.4 is 10.2 Å². The summed E-state index contributed by atoms with van der Waals surface area (Å²) in [5, 5.41) is 11.9. The van der Waals surface area contributed by atoms with E-state index < -0.39 is 0 Å². The molecular formula is C11H18Cl2N4. The van der Waals surface area contributed by atoms with E-state index in [0.29, 0.717) is 12.1 Å². The van der Waals surface area contributed by atoms with E-state index in [2.05, 4.69) is 26.5 Å². The Bertz CT molecular complexity index is 341. The third kappa shape index (κ3) is 2.64. The molecule has 4 nitrogen and oxygen atoms in total. The molecule has 2 atom stereocenters. The highest BCUT2D eigenvalue weighted by Gasteiger charge is 2.37. The molecular weight excluding hydrogens is 259 g/mol. The van der Waals surface area contributed by atoms with Gasteiger partial charge in [-0.3, -0.25) is 0 Å². The zero-order chi connectivity index (χ0) is 10.3. The van der Waals surface area contributed by atoms with Crippen molar-refractivity contribution >= 4 is 30.6 Å². The second-order valence-corrected chi connectivity index (χ2v) is 4.48. The number of halogens is 2. The first-order valence-electron chi connectivity index (χ1n) is 5.64. The van der Waals surface area contributed by atoms with Crippen LogP contribution in [-0.4, -0.2) is 35.4 Å². The van der Waals surface area contributed by atoms with Gasteiger partial charge in [-0.05, 0) is 31.9 Å². The number of nitrogens with zero attached hydrogens (tertiary/aromatic N) is 3. The van der Waals surface area contributed by atoms with E-state index in [9.17, 15) is 0 Å². The molecule has 0 aromatic carbocycles. The Morgan fingerprint density at radius 1 is 1.12 bits per heavy atom. The molecule has 0 spiro atoms. The predicted molar refractivity (Wildman–Crippen MR) is 73.4 cm³/mol. The van der Waals surface area contributed by atoms with Gasteiger partial charge in [-0.1, -0.05) is 0 Å². The SMILES string of the molecule is Cc1ccc(N2C3CCC2CNC3)nn1.Cl.Cl. The molecule has 2 aliphatic heterocycles. The average Bonchev–Trinajstić information content (AvgIpc) is 2.51. The van der Waals surface area contributed by atoms with Crippen molar-refractivity contribution in [2.24, 2.45) is 0 Å². The van der Waals surface area contributed by atoms with Crippen LogP contribution in [0.4, 0.5) is 5.82 Å². The first-order valence-corrected chi connectivity index (χ1v) is 5.64. The normalized spacial score (nSPS) is 26.1. The second kappa shape index (κ2) is 5.85. The van der Waals surface area contributed by atoms with Gasteiger partial charge in [0.05, 0.1) is 5.69 Å². The number of aryl methyl sites for hydroxylation is 1. The summed E-state index contributed by atoms with van der Waals surface area (Å²) in [6.07, 6.45) is 2.57. The summed E-state index contributed by atoms with van der Waals surface area (Å²) in [6, 6.07) is 5.39. The molecule has 0 aliphatic carbocycles. The van der Waals surface area contributed by atoms with E-state index in [-0.39, 0.29) is 24.8 Å². The molecule has 6 heteroatoms. The Kier molecular flexibility index (Phi) is 4.98. The molecule has 1 aromatic heterocycles. The van der Waals surface area contributed by atoms with E-state index in [1.165, 1.54) is 12.8 Å². The van der Waals surface area contributed by atoms with Crippen LogP contribution in [0.25, 0.3) is 0 Å². The number of rotatable bonds is 1. The number of hydrogen-bond acceptors (Lipinski definition) is 4. The number of fused-ring (bicyclic) bond motifs is 2. The van der Waals surface area contributed by atoms with E-state index in [0.717, 1.165) is 24.6 Å². The second-order valence-electron chi connectivity index (χ2n) is 4.48. The lowest BCUT2D eigenvalue weighted by Crippen LogP contribution is -2.52. The number of aromatic nitrogens is 2. The van der Waals surface area contributed by atoms with Crippen LogP contribution in [0.2, 0.25) is 0 Å². The lowest BCUT2D eigenvalue weighted by Gasteiger charge is -2.35. The molecule has 1 aromatic rings. The number of piperazine rings is 1. The highest BCUT2D eigenvalue weighted by molar-refractivity contribution is 5.85. The van der Waals surface area contributed by atoms with Crippen molar-refractivity contribution < 1.29 is 0 Å². The van der Waals surface area contributed by atoms with Gasteiger partial charge < -0.3 is 10.2 Å². The fraction of sp³-hybridized carbons (Fsp3) is 0.636. The summed E-state index contributed by atoms with van der Waals surface area (Å²) in [6.45, 7) is 4.15. The van der Waals surface area contributed by atoms with Gasteiger partial charge in [0.2, 0.25) is 0 Å². The number of anilines is 1. The van der Waals surface area contributed by atoms with Gasteiger partial charge in [-0.15, -0.1) is 29.9 Å². The monoisotopic (exact) mass is 276 g/mol. The number of hydrogen-bond donors (Lipinski definition) is 1. The van der Waals surface area contributed by atoms with E-state index >= 15 is 0 Å². The molecule has 2 fully saturated rings. The molecule has 0 amide bonds. The van der Waals surface area contributed by atoms with Crippen molar-refractivity contribution in [3.05, 3.63) is 17.8 Å². The van der Waals surface area contributed by atoms with Crippen LogP contribution in [0.5, 0.6) is 0 Å². The maximum atomic E-state index is 4.29. The van der Waals surface area contributed by atoms with Gasteiger partial charge in [-0.25, -0.2) is 0 Å². The van der Waals surface area contributed by atoms with Crippen molar-refractivity contribution in [1.82, 2.24) is 15.5 Å². The summed E-state index contributed by atoms with van der Waals surface area (Å²) < 4.78 is 0. The van der Waals surface area contributed by atoms with Gasteiger partial charge in [0, 0.05) is 25.2 Å². The molecule has 3 rings (SSSR count). The lowest BCUT2D eigenvalue weighted by molar-refractivity contribution is 0.479. The maximum absolute atomic E-state index is 4.29. The van der Waals surface area contributed by atoms with Crippen molar-refractivity contribution in [2.45, 2.75) is 31.8 Å². The Morgan fingerprint density at radius 2 is 1.76 bits per heavy atom. The largest absolute Gasteiger partial charge is 0.347 e. The first-order chi connectivity index (χ1) is 7.34. The molecule has 0 radical (unpaired) electrons. The molecule has 2 saturated heterocycles. The van der Waals surface area contributed by atoms with Gasteiger partial charge in [0.25, 0.3) is 0 Å². The number of nitrogens with one attached hydrogen (secondary N) is 1. The van der Waals surface area contributed by atoms with E-state index in [1.54, 1.807) is 0 Å². The van der Waals surface area contributed by atoms with Crippen LogP contribution in [0, 0.1) is 6.92 Å². The standard InChI is InChI=1S/C11H16N4.2ClH/c1-8-2-5-11(14-13-8)15-9-3-4-10(15)7-12-6-9;;/h2,5,9-10,12H,3-4,6-7H2,1H3;2*1H. The smallest absolute Gasteiger partial charge is 0.151 e. The maximum Gasteiger partial charge on any atom is 0.151 e. The average molecular weight is 277 g/mol. The van der Waals surface area contributed by atoms with Crippen LogP contribution >= 0.6 is 24.8 Å². The van der Waals surface area contributed by atoms with Gasteiger partial charge >= 0.3 is 0 Å². The molecule has 17 heavy (non-hydrogen) atoms. The van der Waals surface area contributed by atoms with Crippen LogP contribution in [0.3, 0.4) is 0 Å². The summed E-state index contributed by atoms with van der Waals surface area (Å²) in [7, 11) is 0. The summed E-state index contributed by atoms with van der Waals surface area (Å²) >= 11 is 0. The molecule has 2 unspecified atom stereocenters. The zero-order valence-corrected chi connectivity index (χ0v) is 11.4. The summed E-state index contributed by atoms with van der Waals surface area (Å²) in [5.41, 5.74) is 0.987. The molecule has 1 N–H and O–H groups in total. The lowest BCUT2D eigenvalue weighted by atomic mass is 10.2. The quantitative estimate of drug-likeness (QED) is 0.846. The highest BCUT2D eigenvalue weighted by atomic mass is 35.5. The van der Waals surface area contributed by atoms with E-state index in [1.807, 2.05) is 13.0 Å². The van der Waals surface area contributed by atoms with Crippen molar-refractivity contribution in [3.63, 3.8) is 0 Å². The highest BCUT2D eigenvalue weighted by Crippen LogP contribution is 2.30. The Balaban J connectivity index is 0.000000722. The fourth-order valence-electron chi connectivity index (χ4n) is 2.68. The van der Waals surface area contributed by atoms with Crippen molar-refractivity contribution in [3.8, 4) is 0 Å². The Hall–Kier alpha value is -0.580. The van der Waals surface area contributed by atoms with Crippen LogP contribution in [0.1, 0.15) is 18.5 Å². The predicted octanol–water partition coefficient (Wildman–Crippen LogP) is 1.57. The molecule has 3 heterocycles. The van der Waals surface area contributed by atoms with Crippen molar-refractivity contribution in [2.75, 3.05) is 18.0 Å². The Labute approximate surface area is 114 Å². The van der Waals surface area contributed by atoms with Gasteiger partial charge in [0.1, 0.15) is 0 Å². The fourth-order valence-corrected chi connectivity index (χ4v) is 2.68. The molecule has 2 aliphatic rings. The molecule has 96 valence electrons. The zero-order valence-electron chi connectivity index (χ0n) is 9.80. The minimum atomic E-state index is 0.